The van der Waals surface area contributed by atoms with Crippen molar-refractivity contribution in [2.24, 2.45) is 0 Å². The first-order valence-electron chi connectivity index (χ1n) is 7.54. The molecule has 1 unspecified atom stereocenters. The number of benzene rings is 1. The van der Waals surface area contributed by atoms with Crippen LogP contribution in [0.5, 0.6) is 0 Å². The Morgan fingerprint density at radius 2 is 1.82 bits per heavy atom. The summed E-state index contributed by atoms with van der Waals surface area (Å²) in [5.41, 5.74) is 0. The van der Waals surface area contributed by atoms with Crippen LogP contribution in [0.2, 0.25) is 0 Å². The monoisotopic (exact) mass is 326 g/mol. The highest BCUT2D eigenvalue weighted by molar-refractivity contribution is 7.89. The van der Waals surface area contributed by atoms with Gasteiger partial charge in [0.25, 0.3) is 0 Å². The third kappa shape index (κ3) is 2.87. The van der Waals surface area contributed by atoms with Gasteiger partial charge in [0.2, 0.25) is 15.9 Å². The van der Waals surface area contributed by atoms with E-state index in [9.17, 15) is 17.6 Å². The molecule has 2 aliphatic rings. The molecule has 2 fully saturated rings. The number of carbonyl (C=O) groups excluding carboxylic acids is 1. The molecule has 22 heavy (non-hydrogen) atoms. The molecule has 1 atom stereocenters. The number of amides is 1. The molecule has 1 aromatic carbocycles. The number of rotatable bonds is 3. The van der Waals surface area contributed by atoms with E-state index in [4.69, 9.17) is 0 Å². The summed E-state index contributed by atoms with van der Waals surface area (Å²) in [6.45, 7) is 1.48. The van der Waals surface area contributed by atoms with Crippen molar-refractivity contribution in [3.63, 3.8) is 0 Å². The van der Waals surface area contributed by atoms with Gasteiger partial charge in [0.05, 0.1) is 4.90 Å². The summed E-state index contributed by atoms with van der Waals surface area (Å²) in [7, 11) is -3.63. The predicted molar refractivity (Wildman–Crippen MR) is 79.1 cm³/mol. The van der Waals surface area contributed by atoms with Gasteiger partial charge in [-0.25, -0.2) is 12.8 Å². The average molecular weight is 326 g/mol. The summed E-state index contributed by atoms with van der Waals surface area (Å²) < 4.78 is 39.7. The van der Waals surface area contributed by atoms with Gasteiger partial charge in [0.1, 0.15) is 5.82 Å². The van der Waals surface area contributed by atoms with E-state index in [1.54, 1.807) is 0 Å². The first-order chi connectivity index (χ1) is 10.5. The van der Waals surface area contributed by atoms with Crippen LogP contribution in [-0.2, 0) is 14.8 Å². The lowest BCUT2D eigenvalue weighted by atomic mass is 10.1. The molecule has 2 aliphatic heterocycles. The van der Waals surface area contributed by atoms with E-state index < -0.39 is 15.8 Å². The molecular formula is C15H19FN2O3S. The number of likely N-dealkylation sites (tertiary alicyclic amines) is 1. The highest BCUT2D eigenvalue weighted by atomic mass is 32.2. The largest absolute Gasteiger partial charge is 0.338 e. The van der Waals surface area contributed by atoms with Gasteiger partial charge in [-0.1, -0.05) is 0 Å². The SMILES string of the molecule is O=C1CCCN1C1CCCN(S(=O)(=O)c2ccc(F)cc2)C1. The molecule has 7 heteroatoms. The molecular weight excluding hydrogens is 307 g/mol. The fourth-order valence-electron chi connectivity index (χ4n) is 3.20. The summed E-state index contributed by atoms with van der Waals surface area (Å²) in [4.78, 5) is 13.8. The van der Waals surface area contributed by atoms with E-state index in [0.29, 0.717) is 26.1 Å². The van der Waals surface area contributed by atoms with Crippen molar-refractivity contribution in [1.82, 2.24) is 9.21 Å². The number of piperidine rings is 1. The smallest absolute Gasteiger partial charge is 0.243 e. The highest BCUT2D eigenvalue weighted by Crippen LogP contribution is 2.25. The summed E-state index contributed by atoms with van der Waals surface area (Å²) >= 11 is 0. The number of carbonyl (C=O) groups is 1. The minimum atomic E-state index is -3.63. The Morgan fingerprint density at radius 1 is 1.09 bits per heavy atom. The number of halogens is 1. The summed E-state index contributed by atoms with van der Waals surface area (Å²) in [6.07, 6.45) is 2.97. The number of hydrogen-bond donors (Lipinski definition) is 0. The molecule has 0 N–H and O–H groups in total. The second-order valence-electron chi connectivity index (χ2n) is 5.80. The van der Waals surface area contributed by atoms with Gasteiger partial charge in [-0.05, 0) is 43.5 Å². The van der Waals surface area contributed by atoms with Crippen LogP contribution in [0.4, 0.5) is 4.39 Å². The Labute approximate surface area is 129 Å². The zero-order chi connectivity index (χ0) is 15.7. The quantitative estimate of drug-likeness (QED) is 0.848. The third-order valence-corrected chi connectivity index (χ3v) is 6.24. The van der Waals surface area contributed by atoms with Crippen molar-refractivity contribution in [1.29, 1.82) is 0 Å². The molecule has 1 amide bonds. The van der Waals surface area contributed by atoms with E-state index in [1.165, 1.54) is 16.4 Å². The number of nitrogens with zero attached hydrogens (tertiary/aromatic N) is 2. The molecule has 2 heterocycles. The highest BCUT2D eigenvalue weighted by Gasteiger charge is 2.35. The first-order valence-corrected chi connectivity index (χ1v) is 8.98. The van der Waals surface area contributed by atoms with Crippen molar-refractivity contribution >= 4 is 15.9 Å². The van der Waals surface area contributed by atoms with Crippen LogP contribution in [0.15, 0.2) is 29.2 Å². The van der Waals surface area contributed by atoms with Gasteiger partial charge < -0.3 is 4.90 Å². The topological polar surface area (TPSA) is 57.7 Å². The minimum absolute atomic E-state index is 0.0426. The standard InChI is InChI=1S/C15H19FN2O3S/c16-12-5-7-14(8-6-12)22(20,21)17-9-1-3-13(11-17)18-10-2-4-15(18)19/h5-8,13H,1-4,9-11H2. The molecule has 0 bridgehead atoms. The maximum absolute atomic E-state index is 13.0. The summed E-state index contributed by atoms with van der Waals surface area (Å²) in [5, 5.41) is 0. The van der Waals surface area contributed by atoms with E-state index in [-0.39, 0.29) is 16.8 Å². The summed E-state index contributed by atoms with van der Waals surface area (Å²) in [5.74, 6) is -0.343. The zero-order valence-corrected chi connectivity index (χ0v) is 13.1. The Hall–Kier alpha value is -1.47. The molecule has 0 radical (unpaired) electrons. The average Bonchev–Trinajstić information content (AvgIpc) is 2.94. The van der Waals surface area contributed by atoms with Crippen LogP contribution in [0.3, 0.4) is 0 Å². The molecule has 120 valence electrons. The van der Waals surface area contributed by atoms with Gasteiger partial charge in [-0.15, -0.1) is 0 Å². The van der Waals surface area contributed by atoms with Gasteiger partial charge in [0, 0.05) is 32.1 Å². The van der Waals surface area contributed by atoms with Gasteiger partial charge in [-0.3, -0.25) is 4.79 Å². The lowest BCUT2D eigenvalue weighted by molar-refractivity contribution is -0.130. The fraction of sp³-hybridized carbons (Fsp3) is 0.533. The number of sulfonamides is 1. The molecule has 0 aromatic heterocycles. The van der Waals surface area contributed by atoms with Crippen LogP contribution in [-0.4, -0.2) is 49.2 Å². The molecule has 2 saturated heterocycles. The van der Waals surface area contributed by atoms with Crippen molar-refractivity contribution in [2.75, 3.05) is 19.6 Å². The molecule has 3 rings (SSSR count). The first kappa shape index (κ1) is 15.4. The lowest BCUT2D eigenvalue weighted by Crippen LogP contribution is -2.50. The minimum Gasteiger partial charge on any atom is -0.338 e. The van der Waals surface area contributed by atoms with E-state index >= 15 is 0 Å². The van der Waals surface area contributed by atoms with Gasteiger partial charge >= 0.3 is 0 Å². The van der Waals surface area contributed by atoms with E-state index in [0.717, 1.165) is 31.4 Å². The van der Waals surface area contributed by atoms with Gasteiger partial charge in [0.15, 0.2) is 0 Å². The van der Waals surface area contributed by atoms with Crippen LogP contribution in [0, 0.1) is 5.82 Å². The van der Waals surface area contributed by atoms with Crippen LogP contribution in [0.25, 0.3) is 0 Å². The Kier molecular flexibility index (Phi) is 4.18. The molecule has 0 aliphatic carbocycles. The lowest BCUT2D eigenvalue weighted by Gasteiger charge is -2.36. The van der Waals surface area contributed by atoms with Crippen molar-refractivity contribution < 1.29 is 17.6 Å². The molecule has 1 aromatic rings. The van der Waals surface area contributed by atoms with Crippen LogP contribution < -0.4 is 0 Å². The van der Waals surface area contributed by atoms with Crippen molar-refractivity contribution in [2.45, 2.75) is 36.6 Å². The molecule has 5 nitrogen and oxygen atoms in total. The second-order valence-corrected chi connectivity index (χ2v) is 7.74. The zero-order valence-electron chi connectivity index (χ0n) is 12.2. The predicted octanol–water partition coefficient (Wildman–Crippen LogP) is 1.60. The fourth-order valence-corrected chi connectivity index (χ4v) is 4.72. The maximum Gasteiger partial charge on any atom is 0.243 e. The van der Waals surface area contributed by atoms with Crippen LogP contribution >= 0.6 is 0 Å². The molecule has 0 spiro atoms. The normalized spacial score (nSPS) is 24.0. The maximum atomic E-state index is 13.0. The van der Waals surface area contributed by atoms with Crippen LogP contribution in [0.1, 0.15) is 25.7 Å². The summed E-state index contributed by atoms with van der Waals surface area (Å²) in [6, 6.07) is 4.83. The van der Waals surface area contributed by atoms with E-state index in [1.807, 2.05) is 4.90 Å². The second kappa shape index (κ2) is 5.96. The van der Waals surface area contributed by atoms with Gasteiger partial charge in [-0.2, -0.15) is 4.31 Å². The van der Waals surface area contributed by atoms with E-state index in [2.05, 4.69) is 0 Å². The Bertz CT molecular complexity index is 660. The Balaban J connectivity index is 1.78. The van der Waals surface area contributed by atoms with Crippen molar-refractivity contribution in [3.05, 3.63) is 30.1 Å². The molecule has 0 saturated carbocycles. The Morgan fingerprint density at radius 3 is 2.45 bits per heavy atom. The van der Waals surface area contributed by atoms with Crippen molar-refractivity contribution in [3.8, 4) is 0 Å². The number of hydrogen-bond acceptors (Lipinski definition) is 3. The third-order valence-electron chi connectivity index (χ3n) is 4.36.